The van der Waals surface area contributed by atoms with Gasteiger partial charge in [-0.25, -0.2) is 10.8 Å². The summed E-state index contributed by atoms with van der Waals surface area (Å²) in [4.78, 5) is 21.1. The van der Waals surface area contributed by atoms with Crippen molar-refractivity contribution in [3.63, 3.8) is 0 Å². The summed E-state index contributed by atoms with van der Waals surface area (Å²) in [7, 11) is 0. The van der Waals surface area contributed by atoms with E-state index in [4.69, 9.17) is 5.84 Å². The van der Waals surface area contributed by atoms with Gasteiger partial charge in [0.2, 0.25) is 11.8 Å². The lowest BCUT2D eigenvalue weighted by Crippen LogP contribution is -2.25. The highest BCUT2D eigenvalue weighted by Gasteiger charge is 2.39. The van der Waals surface area contributed by atoms with Crippen LogP contribution in [-0.2, 0) is 0 Å². The fraction of sp³-hybridized carbons (Fsp3) is 0.667. The summed E-state index contributed by atoms with van der Waals surface area (Å²) in [5.74, 6) is 7.23. The Morgan fingerprint density at radius 2 is 2.00 bits per heavy atom. The molecule has 0 bridgehead atoms. The van der Waals surface area contributed by atoms with Crippen molar-refractivity contribution in [3.05, 3.63) is 15.8 Å². The zero-order valence-corrected chi connectivity index (χ0v) is 11.4. The van der Waals surface area contributed by atoms with Crippen LogP contribution in [0.3, 0.4) is 0 Å². The maximum absolute atomic E-state index is 11.3. The number of nitrogens with two attached hydrogens (primary N) is 1. The highest BCUT2D eigenvalue weighted by atomic mass is 16.6. The van der Waals surface area contributed by atoms with Crippen LogP contribution in [0.15, 0.2) is 0 Å². The Morgan fingerprint density at radius 1 is 1.35 bits per heavy atom. The number of hydrogen-bond donors (Lipinski definition) is 2. The normalized spacial score (nSPS) is 24.8. The summed E-state index contributed by atoms with van der Waals surface area (Å²) in [5.41, 5.74) is 2.70. The Labute approximate surface area is 116 Å². The molecule has 0 amide bonds. The molecule has 1 saturated heterocycles. The van der Waals surface area contributed by atoms with E-state index in [1.54, 1.807) is 6.92 Å². The topological polar surface area (TPSA) is 110 Å². The van der Waals surface area contributed by atoms with Crippen molar-refractivity contribution < 1.29 is 4.92 Å². The summed E-state index contributed by atoms with van der Waals surface area (Å²) < 4.78 is 0. The molecule has 3 N–H and O–H groups in total. The summed E-state index contributed by atoms with van der Waals surface area (Å²) in [5, 5.41) is 11.3. The second kappa shape index (κ2) is 4.86. The Morgan fingerprint density at radius 3 is 2.55 bits per heavy atom. The first-order valence-electron chi connectivity index (χ1n) is 6.84. The summed E-state index contributed by atoms with van der Waals surface area (Å²) in [6.07, 6.45) is 3.69. The van der Waals surface area contributed by atoms with Crippen molar-refractivity contribution in [1.82, 2.24) is 9.97 Å². The number of nitrogens with zero attached hydrogens (tertiary/aromatic N) is 4. The molecule has 2 unspecified atom stereocenters. The van der Waals surface area contributed by atoms with Gasteiger partial charge in [0.1, 0.15) is 5.69 Å². The van der Waals surface area contributed by atoms with Crippen molar-refractivity contribution in [2.75, 3.05) is 23.4 Å². The van der Waals surface area contributed by atoms with Crippen LogP contribution in [0.4, 0.5) is 17.5 Å². The van der Waals surface area contributed by atoms with Crippen molar-refractivity contribution >= 4 is 17.5 Å². The van der Waals surface area contributed by atoms with Crippen LogP contribution in [0.5, 0.6) is 0 Å². The average molecular weight is 278 g/mol. The van der Waals surface area contributed by atoms with E-state index in [-0.39, 0.29) is 11.6 Å². The molecule has 0 aromatic carbocycles. The molecule has 1 aromatic heterocycles. The zero-order valence-electron chi connectivity index (χ0n) is 11.4. The maximum atomic E-state index is 11.3. The van der Waals surface area contributed by atoms with Gasteiger partial charge >= 0.3 is 5.69 Å². The fourth-order valence-electron chi connectivity index (χ4n) is 3.46. The van der Waals surface area contributed by atoms with Crippen molar-refractivity contribution in [1.29, 1.82) is 0 Å². The molecule has 2 aliphatic rings. The molecule has 2 fully saturated rings. The minimum absolute atomic E-state index is 0.0102. The maximum Gasteiger partial charge on any atom is 0.332 e. The largest absolute Gasteiger partial charge is 0.350 e. The van der Waals surface area contributed by atoms with E-state index in [2.05, 4.69) is 15.4 Å². The predicted octanol–water partition coefficient (Wildman–Crippen LogP) is 1.22. The SMILES string of the molecule is Cc1nc(NN)nc(N2CC3CCCC3C2)c1[N+](=O)[O-]. The number of aryl methyl sites for hydroxylation is 1. The molecule has 20 heavy (non-hydrogen) atoms. The van der Waals surface area contributed by atoms with Crippen LogP contribution < -0.4 is 16.2 Å². The third kappa shape index (κ3) is 2.05. The molecule has 1 aliphatic heterocycles. The Balaban J connectivity index is 1.99. The van der Waals surface area contributed by atoms with Gasteiger partial charge < -0.3 is 4.90 Å². The Kier molecular flexibility index (Phi) is 3.17. The number of nitrogen functional groups attached to an aromatic ring is 1. The number of anilines is 2. The van der Waals surface area contributed by atoms with Gasteiger partial charge in [0.25, 0.3) is 0 Å². The Bertz CT molecular complexity index is 537. The molecule has 3 rings (SSSR count). The third-order valence-corrected chi connectivity index (χ3v) is 4.38. The summed E-state index contributed by atoms with van der Waals surface area (Å²) in [6, 6.07) is 0. The van der Waals surface area contributed by atoms with E-state index < -0.39 is 4.92 Å². The molecule has 8 heteroatoms. The second-order valence-electron chi connectivity index (χ2n) is 5.56. The molecule has 0 radical (unpaired) electrons. The van der Waals surface area contributed by atoms with Crippen LogP contribution in [0.2, 0.25) is 0 Å². The molecule has 1 saturated carbocycles. The number of nitrogens with one attached hydrogen (secondary N) is 1. The molecule has 2 heterocycles. The monoisotopic (exact) mass is 278 g/mol. The van der Waals surface area contributed by atoms with Crippen LogP contribution in [0, 0.1) is 28.9 Å². The zero-order chi connectivity index (χ0) is 14.3. The van der Waals surface area contributed by atoms with Crippen LogP contribution in [0.1, 0.15) is 25.0 Å². The molecule has 2 atom stereocenters. The molecular weight excluding hydrogens is 260 g/mol. The van der Waals surface area contributed by atoms with Crippen molar-refractivity contribution in [3.8, 4) is 0 Å². The highest BCUT2D eigenvalue weighted by molar-refractivity contribution is 5.63. The molecule has 0 spiro atoms. The van der Waals surface area contributed by atoms with E-state index in [9.17, 15) is 10.1 Å². The van der Waals surface area contributed by atoms with Gasteiger partial charge in [0.05, 0.1) is 4.92 Å². The standard InChI is InChI=1S/C12H18N6O2/c1-7-10(18(19)20)11(15-12(14-7)16-13)17-5-8-3-2-4-9(8)6-17/h8-9H,2-6,13H2,1H3,(H,14,15,16). The van der Waals surface area contributed by atoms with E-state index in [1.165, 1.54) is 19.3 Å². The highest BCUT2D eigenvalue weighted by Crippen LogP contribution is 2.41. The van der Waals surface area contributed by atoms with E-state index >= 15 is 0 Å². The van der Waals surface area contributed by atoms with E-state index in [1.807, 2.05) is 4.90 Å². The van der Waals surface area contributed by atoms with Crippen molar-refractivity contribution in [2.45, 2.75) is 26.2 Å². The van der Waals surface area contributed by atoms with Crippen LogP contribution in [-0.4, -0.2) is 28.0 Å². The number of hydrogen-bond acceptors (Lipinski definition) is 7. The second-order valence-corrected chi connectivity index (χ2v) is 5.56. The summed E-state index contributed by atoms with van der Waals surface area (Å²) >= 11 is 0. The predicted molar refractivity (Wildman–Crippen MR) is 74.3 cm³/mol. The molecule has 1 aromatic rings. The van der Waals surface area contributed by atoms with Gasteiger partial charge in [-0.05, 0) is 31.6 Å². The van der Waals surface area contributed by atoms with Crippen LogP contribution in [0.25, 0.3) is 0 Å². The number of nitro groups is 1. The summed E-state index contributed by atoms with van der Waals surface area (Å²) in [6.45, 7) is 3.29. The quantitative estimate of drug-likeness (QED) is 0.485. The number of hydrazine groups is 1. The van der Waals surface area contributed by atoms with Crippen molar-refractivity contribution in [2.24, 2.45) is 17.7 Å². The van der Waals surface area contributed by atoms with E-state index in [0.717, 1.165) is 13.1 Å². The lowest BCUT2D eigenvalue weighted by Gasteiger charge is -2.19. The first-order valence-corrected chi connectivity index (χ1v) is 6.84. The average Bonchev–Trinajstić information content (AvgIpc) is 2.97. The first kappa shape index (κ1) is 13.0. The van der Waals surface area contributed by atoms with Gasteiger partial charge in [-0.15, -0.1) is 0 Å². The molecular formula is C12H18N6O2. The Hall–Kier alpha value is -1.96. The van der Waals surface area contributed by atoms with Gasteiger partial charge in [0, 0.05) is 13.1 Å². The third-order valence-electron chi connectivity index (χ3n) is 4.38. The number of rotatable bonds is 3. The van der Waals surface area contributed by atoms with Gasteiger partial charge in [-0.2, -0.15) is 4.98 Å². The van der Waals surface area contributed by atoms with Gasteiger partial charge in [-0.1, -0.05) is 6.42 Å². The van der Waals surface area contributed by atoms with E-state index in [0.29, 0.717) is 23.3 Å². The lowest BCUT2D eigenvalue weighted by atomic mass is 10.0. The number of fused-ring (bicyclic) bond motifs is 1. The van der Waals surface area contributed by atoms with Gasteiger partial charge in [0.15, 0.2) is 0 Å². The van der Waals surface area contributed by atoms with Gasteiger partial charge in [-0.3, -0.25) is 15.5 Å². The first-order chi connectivity index (χ1) is 9.60. The minimum atomic E-state index is -0.404. The molecule has 1 aliphatic carbocycles. The minimum Gasteiger partial charge on any atom is -0.350 e. The lowest BCUT2D eigenvalue weighted by molar-refractivity contribution is -0.385. The molecule has 8 nitrogen and oxygen atoms in total. The number of aromatic nitrogens is 2. The fourth-order valence-corrected chi connectivity index (χ4v) is 3.46. The molecule has 108 valence electrons. The smallest absolute Gasteiger partial charge is 0.332 e. The van der Waals surface area contributed by atoms with Crippen LogP contribution >= 0.6 is 0 Å².